The first-order chi connectivity index (χ1) is 6.69. The van der Waals surface area contributed by atoms with Gasteiger partial charge in [0.25, 0.3) is 0 Å². The molecule has 1 aliphatic heterocycles. The van der Waals surface area contributed by atoms with E-state index in [4.69, 9.17) is 0 Å². The lowest BCUT2D eigenvalue weighted by Gasteiger charge is -2.35. The zero-order valence-electron chi connectivity index (χ0n) is 9.79. The third-order valence-corrected chi connectivity index (χ3v) is 3.78. The highest BCUT2D eigenvalue weighted by atomic mass is 16.3. The summed E-state index contributed by atoms with van der Waals surface area (Å²) in [6.45, 7) is 7.63. The van der Waals surface area contributed by atoms with E-state index < -0.39 is 0 Å². The normalized spacial score (nSPS) is 32.6. The third-order valence-electron chi connectivity index (χ3n) is 3.78. The number of aliphatic hydroxyl groups is 1. The Morgan fingerprint density at radius 2 is 2.14 bits per heavy atom. The molecule has 0 radical (unpaired) electrons. The zero-order valence-corrected chi connectivity index (χ0v) is 9.79. The van der Waals surface area contributed by atoms with E-state index in [1.54, 1.807) is 0 Å². The molecule has 0 aromatic rings. The summed E-state index contributed by atoms with van der Waals surface area (Å²) in [7, 11) is 0. The maximum atomic E-state index is 9.80. The molecule has 2 N–H and O–H groups in total. The van der Waals surface area contributed by atoms with Gasteiger partial charge in [0, 0.05) is 6.04 Å². The molecule has 84 valence electrons. The summed E-state index contributed by atoms with van der Waals surface area (Å²) < 4.78 is 0. The number of aliphatic hydroxyl groups excluding tert-OH is 1. The SMILES string of the molecule is CCC1CCNC(C(C)C(O)CC)C1. The second-order valence-electron chi connectivity index (χ2n) is 4.69. The standard InChI is InChI=1S/C12H25NO/c1-4-10-6-7-13-11(8-10)9(3)12(14)5-2/h9-14H,4-8H2,1-3H3. The number of hydrogen-bond acceptors (Lipinski definition) is 2. The van der Waals surface area contributed by atoms with Gasteiger partial charge < -0.3 is 10.4 Å². The second-order valence-corrected chi connectivity index (χ2v) is 4.69. The van der Waals surface area contributed by atoms with Crippen LogP contribution >= 0.6 is 0 Å². The first kappa shape index (κ1) is 12.0. The van der Waals surface area contributed by atoms with Crippen LogP contribution in [0.1, 0.15) is 46.5 Å². The van der Waals surface area contributed by atoms with E-state index >= 15 is 0 Å². The van der Waals surface area contributed by atoms with E-state index in [9.17, 15) is 5.11 Å². The molecule has 4 unspecified atom stereocenters. The highest BCUT2D eigenvalue weighted by molar-refractivity contribution is 4.84. The van der Waals surface area contributed by atoms with Crippen molar-refractivity contribution < 1.29 is 5.11 Å². The topological polar surface area (TPSA) is 32.3 Å². The van der Waals surface area contributed by atoms with Crippen LogP contribution in [0.4, 0.5) is 0 Å². The van der Waals surface area contributed by atoms with Crippen LogP contribution in [-0.4, -0.2) is 23.8 Å². The van der Waals surface area contributed by atoms with Crippen molar-refractivity contribution in [2.75, 3.05) is 6.54 Å². The molecule has 0 aliphatic carbocycles. The van der Waals surface area contributed by atoms with Gasteiger partial charge in [0.15, 0.2) is 0 Å². The quantitative estimate of drug-likeness (QED) is 0.727. The van der Waals surface area contributed by atoms with Crippen LogP contribution in [0, 0.1) is 11.8 Å². The van der Waals surface area contributed by atoms with Gasteiger partial charge in [-0.1, -0.05) is 27.2 Å². The lowest BCUT2D eigenvalue weighted by molar-refractivity contribution is 0.0752. The molecule has 1 aliphatic rings. The minimum atomic E-state index is -0.136. The van der Waals surface area contributed by atoms with E-state index in [-0.39, 0.29) is 6.10 Å². The molecule has 1 saturated heterocycles. The minimum Gasteiger partial charge on any atom is -0.393 e. The summed E-state index contributed by atoms with van der Waals surface area (Å²) in [5.74, 6) is 1.27. The Morgan fingerprint density at radius 3 is 2.71 bits per heavy atom. The molecule has 0 aromatic heterocycles. The Balaban J connectivity index is 2.42. The molecule has 0 spiro atoms. The molecule has 0 saturated carbocycles. The summed E-state index contributed by atoms with van der Waals surface area (Å²) in [6, 6.07) is 0.531. The Morgan fingerprint density at radius 1 is 1.43 bits per heavy atom. The van der Waals surface area contributed by atoms with Crippen molar-refractivity contribution in [3.63, 3.8) is 0 Å². The fourth-order valence-corrected chi connectivity index (χ4v) is 2.44. The minimum absolute atomic E-state index is 0.136. The number of hydrogen-bond donors (Lipinski definition) is 2. The molecule has 1 rings (SSSR count). The van der Waals surface area contributed by atoms with Crippen LogP contribution in [0.15, 0.2) is 0 Å². The van der Waals surface area contributed by atoms with Crippen molar-refractivity contribution in [1.29, 1.82) is 0 Å². The Bertz CT molecular complexity index is 158. The summed E-state index contributed by atoms with van der Waals surface area (Å²) in [4.78, 5) is 0. The predicted molar refractivity (Wildman–Crippen MR) is 60.3 cm³/mol. The highest BCUT2D eigenvalue weighted by Gasteiger charge is 2.27. The number of nitrogens with one attached hydrogen (secondary N) is 1. The van der Waals surface area contributed by atoms with Crippen LogP contribution in [0.5, 0.6) is 0 Å². The maximum absolute atomic E-state index is 9.80. The van der Waals surface area contributed by atoms with Crippen molar-refractivity contribution >= 4 is 0 Å². The highest BCUT2D eigenvalue weighted by Crippen LogP contribution is 2.25. The van der Waals surface area contributed by atoms with E-state index in [2.05, 4.69) is 26.1 Å². The van der Waals surface area contributed by atoms with E-state index in [0.717, 1.165) is 18.9 Å². The predicted octanol–water partition coefficient (Wildman–Crippen LogP) is 2.17. The van der Waals surface area contributed by atoms with E-state index in [1.807, 2.05) is 0 Å². The van der Waals surface area contributed by atoms with Gasteiger partial charge in [0.05, 0.1) is 6.10 Å². The smallest absolute Gasteiger partial charge is 0.0578 e. The lowest BCUT2D eigenvalue weighted by Crippen LogP contribution is -2.45. The average Bonchev–Trinajstić information content (AvgIpc) is 2.27. The molecule has 2 heteroatoms. The molecule has 0 bridgehead atoms. The van der Waals surface area contributed by atoms with Gasteiger partial charge in [0.2, 0.25) is 0 Å². The summed E-state index contributed by atoms with van der Waals surface area (Å²) in [5.41, 5.74) is 0. The average molecular weight is 199 g/mol. The largest absolute Gasteiger partial charge is 0.393 e. The number of piperidine rings is 1. The molecule has 0 amide bonds. The molecule has 14 heavy (non-hydrogen) atoms. The van der Waals surface area contributed by atoms with Crippen molar-refractivity contribution in [1.82, 2.24) is 5.32 Å². The zero-order chi connectivity index (χ0) is 10.6. The van der Waals surface area contributed by atoms with E-state index in [1.165, 1.54) is 19.3 Å². The van der Waals surface area contributed by atoms with Crippen LogP contribution in [0.25, 0.3) is 0 Å². The first-order valence-corrected chi connectivity index (χ1v) is 6.10. The van der Waals surface area contributed by atoms with Crippen LogP contribution in [-0.2, 0) is 0 Å². The second kappa shape index (κ2) is 5.72. The van der Waals surface area contributed by atoms with Crippen LogP contribution in [0.2, 0.25) is 0 Å². The molecule has 2 nitrogen and oxygen atoms in total. The van der Waals surface area contributed by atoms with Gasteiger partial charge in [-0.2, -0.15) is 0 Å². The molecular weight excluding hydrogens is 174 g/mol. The van der Waals surface area contributed by atoms with Crippen molar-refractivity contribution in [2.45, 2.75) is 58.6 Å². The van der Waals surface area contributed by atoms with Gasteiger partial charge >= 0.3 is 0 Å². The number of rotatable bonds is 4. The van der Waals surface area contributed by atoms with Crippen molar-refractivity contribution in [2.24, 2.45) is 11.8 Å². The molecule has 1 heterocycles. The summed E-state index contributed by atoms with van der Waals surface area (Å²) in [6.07, 6.45) is 4.57. The maximum Gasteiger partial charge on any atom is 0.0578 e. The summed E-state index contributed by atoms with van der Waals surface area (Å²) >= 11 is 0. The van der Waals surface area contributed by atoms with Gasteiger partial charge in [-0.3, -0.25) is 0 Å². The Labute approximate surface area is 88.1 Å². The lowest BCUT2D eigenvalue weighted by atomic mass is 9.82. The monoisotopic (exact) mass is 199 g/mol. The van der Waals surface area contributed by atoms with Crippen molar-refractivity contribution in [3.8, 4) is 0 Å². The first-order valence-electron chi connectivity index (χ1n) is 6.10. The fourth-order valence-electron chi connectivity index (χ4n) is 2.44. The third kappa shape index (κ3) is 2.96. The Hall–Kier alpha value is -0.0800. The van der Waals surface area contributed by atoms with E-state index in [0.29, 0.717) is 12.0 Å². The van der Waals surface area contributed by atoms with Gasteiger partial charge in [-0.25, -0.2) is 0 Å². The van der Waals surface area contributed by atoms with Crippen LogP contribution in [0.3, 0.4) is 0 Å². The molecule has 1 fully saturated rings. The van der Waals surface area contributed by atoms with Gasteiger partial charge in [0.1, 0.15) is 0 Å². The van der Waals surface area contributed by atoms with Gasteiger partial charge in [-0.15, -0.1) is 0 Å². The Kier molecular flexibility index (Phi) is 4.90. The summed E-state index contributed by atoms with van der Waals surface area (Å²) in [5, 5.41) is 13.3. The fraction of sp³-hybridized carbons (Fsp3) is 1.00. The molecule has 0 aromatic carbocycles. The molecular formula is C12H25NO. The van der Waals surface area contributed by atoms with Crippen molar-refractivity contribution in [3.05, 3.63) is 0 Å². The molecule has 4 atom stereocenters. The van der Waals surface area contributed by atoms with Crippen LogP contribution < -0.4 is 5.32 Å². The van der Waals surface area contributed by atoms with Gasteiger partial charge in [-0.05, 0) is 37.6 Å².